The number of hydrogen-bond acceptors (Lipinski definition) is 7. The molecule has 4 aliphatic carbocycles. The van der Waals surface area contributed by atoms with Crippen molar-refractivity contribution in [3.63, 3.8) is 0 Å². The van der Waals surface area contributed by atoms with Crippen LogP contribution in [0.25, 0.3) is 11.8 Å². The predicted octanol–water partition coefficient (Wildman–Crippen LogP) is 7.32. The van der Waals surface area contributed by atoms with E-state index >= 15 is 0 Å². The van der Waals surface area contributed by atoms with E-state index in [1.165, 1.54) is 62.3 Å². The van der Waals surface area contributed by atoms with Crippen molar-refractivity contribution in [1.29, 1.82) is 0 Å². The first kappa shape index (κ1) is 30.7. The van der Waals surface area contributed by atoms with Crippen LogP contribution in [0.5, 0.6) is 11.6 Å². The maximum absolute atomic E-state index is 13.8. The van der Waals surface area contributed by atoms with E-state index in [-0.39, 0.29) is 22.6 Å². The van der Waals surface area contributed by atoms with Gasteiger partial charge in [0.1, 0.15) is 17.5 Å². The second-order valence-electron chi connectivity index (χ2n) is 14.1. The molecule has 0 atom stereocenters. The van der Waals surface area contributed by atoms with E-state index in [1.807, 2.05) is 48.7 Å². The largest absolute Gasteiger partial charge is 0.439 e. The molecule has 9 rings (SSSR count). The molecule has 1 N–H and O–H groups in total. The van der Waals surface area contributed by atoms with Crippen molar-refractivity contribution in [3.8, 4) is 17.3 Å². The van der Waals surface area contributed by atoms with Crippen molar-refractivity contribution in [1.82, 2.24) is 14.9 Å². The summed E-state index contributed by atoms with van der Waals surface area (Å²) >= 11 is 0. The third-order valence-electron chi connectivity index (χ3n) is 10.9. The monoisotopic (exact) mass is 657 g/mol. The van der Waals surface area contributed by atoms with Gasteiger partial charge in [-0.1, -0.05) is 12.1 Å². The number of nitrogens with one attached hydrogen (secondary N) is 1. The third-order valence-corrected chi connectivity index (χ3v) is 10.9. The van der Waals surface area contributed by atoms with Crippen molar-refractivity contribution in [3.05, 3.63) is 111 Å². The number of benzene rings is 2. The molecule has 5 fully saturated rings. The van der Waals surface area contributed by atoms with E-state index < -0.39 is 22.8 Å². The van der Waals surface area contributed by atoms with E-state index in [0.29, 0.717) is 17.0 Å². The quantitative estimate of drug-likeness (QED) is 0.0951. The highest BCUT2D eigenvalue weighted by Crippen LogP contribution is 2.60. The first-order chi connectivity index (χ1) is 23.6. The number of nitrogens with zero attached hydrogens (tertiary/aromatic N) is 4. The molecule has 4 bridgehead atoms. The molecule has 248 valence electrons. The molecular formula is C38H35N5O6. The third kappa shape index (κ3) is 5.39. The molecule has 4 aromatic rings. The fraction of sp³-hybridized carbons (Fsp3) is 0.316. The molecule has 4 amide bonds. The summed E-state index contributed by atoms with van der Waals surface area (Å²) in [4.78, 5) is 55.2. The van der Waals surface area contributed by atoms with Gasteiger partial charge in [-0.25, -0.2) is 14.7 Å². The summed E-state index contributed by atoms with van der Waals surface area (Å²) in [6.07, 6.45) is 10.4. The number of anilines is 1. The first-order valence-corrected chi connectivity index (χ1v) is 16.7. The Bertz CT molecular complexity index is 2010. The summed E-state index contributed by atoms with van der Waals surface area (Å²) in [6.45, 7) is 3.81. The average molecular weight is 658 g/mol. The Morgan fingerprint density at radius 2 is 1.53 bits per heavy atom. The molecule has 0 radical (unpaired) electrons. The molecule has 11 heteroatoms. The summed E-state index contributed by atoms with van der Waals surface area (Å²) < 4.78 is 7.73. The summed E-state index contributed by atoms with van der Waals surface area (Å²) in [7, 11) is 0. The number of nitro groups is 1. The molecule has 2 aromatic heterocycles. The van der Waals surface area contributed by atoms with Crippen LogP contribution in [0.3, 0.4) is 0 Å². The van der Waals surface area contributed by atoms with Crippen molar-refractivity contribution in [2.24, 2.45) is 17.8 Å². The fourth-order valence-corrected chi connectivity index (χ4v) is 9.13. The smallest absolute Gasteiger partial charge is 0.335 e. The lowest BCUT2D eigenvalue weighted by atomic mass is 9.48. The van der Waals surface area contributed by atoms with Crippen LogP contribution in [0.15, 0.2) is 78.5 Å². The Morgan fingerprint density at radius 3 is 2.12 bits per heavy atom. The van der Waals surface area contributed by atoms with Crippen LogP contribution in [0.4, 0.5) is 16.2 Å². The van der Waals surface area contributed by atoms with Crippen molar-refractivity contribution in [2.45, 2.75) is 57.8 Å². The van der Waals surface area contributed by atoms with Gasteiger partial charge >= 0.3 is 6.03 Å². The highest BCUT2D eigenvalue weighted by atomic mass is 16.6. The zero-order chi connectivity index (χ0) is 34.0. The fourth-order valence-electron chi connectivity index (χ4n) is 9.13. The van der Waals surface area contributed by atoms with Crippen LogP contribution >= 0.6 is 0 Å². The lowest BCUT2D eigenvalue weighted by molar-refractivity contribution is -0.385. The van der Waals surface area contributed by atoms with Crippen LogP contribution in [-0.4, -0.2) is 32.3 Å². The van der Waals surface area contributed by atoms with Crippen LogP contribution in [-0.2, 0) is 15.0 Å². The number of aryl methyl sites for hydroxylation is 1. The molecular weight excluding hydrogens is 622 g/mol. The number of aromatic nitrogens is 2. The number of amides is 4. The molecule has 0 unspecified atom stereocenters. The standard InChI is InChI=1S/C38H35N5O6/c1-22-13-27(23(2)41(22)29-7-10-32(11-8-29)49-34-12-9-31(21-39-34)43(47)48)17-33-35(44)40-37(46)42(36(33)45)30-5-3-28(4-6-30)38-18-24-14-25(19-38)16-26(15-24)20-38/h3-13,17,21,24-26H,14-16,18-20H2,1-2H3,(H,40,44,46)/b33-17+. The molecule has 0 spiro atoms. The number of urea groups is 1. The minimum absolute atomic E-state index is 0.121. The summed E-state index contributed by atoms with van der Waals surface area (Å²) in [6, 6.07) is 18.9. The van der Waals surface area contributed by atoms with Gasteiger partial charge in [-0.3, -0.25) is 25.0 Å². The van der Waals surface area contributed by atoms with Gasteiger partial charge in [-0.05, 0) is 135 Å². The topological polar surface area (TPSA) is 137 Å². The Kier molecular flexibility index (Phi) is 7.24. The maximum atomic E-state index is 13.8. The number of rotatable bonds is 7. The molecule has 1 aliphatic heterocycles. The van der Waals surface area contributed by atoms with Gasteiger partial charge in [0.2, 0.25) is 5.88 Å². The van der Waals surface area contributed by atoms with Gasteiger partial charge in [-0.2, -0.15) is 0 Å². The molecule has 5 aliphatic rings. The Labute approximate surface area is 282 Å². The van der Waals surface area contributed by atoms with Crippen molar-refractivity contribution < 1.29 is 24.0 Å². The highest BCUT2D eigenvalue weighted by Gasteiger charge is 2.51. The number of carbonyl (C=O) groups is 3. The zero-order valence-corrected chi connectivity index (χ0v) is 27.2. The molecule has 4 saturated carbocycles. The van der Waals surface area contributed by atoms with Gasteiger partial charge in [0, 0.05) is 29.2 Å². The Hall–Kier alpha value is -5.58. The van der Waals surface area contributed by atoms with Crippen molar-refractivity contribution in [2.75, 3.05) is 4.90 Å². The van der Waals surface area contributed by atoms with Gasteiger partial charge < -0.3 is 9.30 Å². The van der Waals surface area contributed by atoms with Gasteiger partial charge in [0.05, 0.1) is 10.6 Å². The van der Waals surface area contributed by atoms with Crippen LogP contribution in [0.1, 0.15) is 61.0 Å². The maximum Gasteiger partial charge on any atom is 0.335 e. The highest BCUT2D eigenvalue weighted by molar-refractivity contribution is 6.39. The number of pyridine rings is 1. The summed E-state index contributed by atoms with van der Waals surface area (Å²) in [5, 5.41) is 13.2. The Morgan fingerprint density at radius 1 is 0.898 bits per heavy atom. The second kappa shape index (κ2) is 11.5. The minimum Gasteiger partial charge on any atom is -0.439 e. The molecule has 11 nitrogen and oxygen atoms in total. The van der Waals surface area contributed by atoms with E-state index in [1.54, 1.807) is 12.1 Å². The normalized spacial score (nSPS) is 25.2. The average Bonchev–Trinajstić information content (AvgIpc) is 3.35. The SMILES string of the molecule is Cc1cc(/C=C2\C(=O)NC(=O)N(c3ccc(C45CC6CC(CC(C6)C4)C5)cc3)C2=O)c(C)n1-c1ccc(Oc2ccc([N+](=O)[O-])cn2)cc1. The van der Waals surface area contributed by atoms with E-state index in [0.717, 1.165) is 45.9 Å². The van der Waals surface area contributed by atoms with E-state index in [9.17, 15) is 24.5 Å². The molecule has 1 saturated heterocycles. The second-order valence-corrected chi connectivity index (χ2v) is 14.1. The van der Waals surface area contributed by atoms with E-state index in [4.69, 9.17) is 4.74 Å². The lowest BCUT2D eigenvalue weighted by Gasteiger charge is -2.57. The van der Waals surface area contributed by atoms with Crippen LogP contribution in [0.2, 0.25) is 0 Å². The molecule has 2 aromatic carbocycles. The van der Waals surface area contributed by atoms with Gasteiger partial charge in [0.15, 0.2) is 0 Å². The number of barbiturate groups is 1. The molecule has 3 heterocycles. The number of hydrogen-bond donors (Lipinski definition) is 1. The van der Waals surface area contributed by atoms with E-state index in [2.05, 4.69) is 22.4 Å². The zero-order valence-electron chi connectivity index (χ0n) is 27.2. The number of imide groups is 2. The van der Waals surface area contributed by atoms with Crippen LogP contribution < -0.4 is 15.0 Å². The lowest BCUT2D eigenvalue weighted by Crippen LogP contribution is -2.54. The first-order valence-electron chi connectivity index (χ1n) is 16.7. The summed E-state index contributed by atoms with van der Waals surface area (Å²) in [5.41, 5.74) is 4.82. The van der Waals surface area contributed by atoms with Gasteiger partial charge in [0.25, 0.3) is 17.5 Å². The van der Waals surface area contributed by atoms with Gasteiger partial charge in [-0.15, -0.1) is 0 Å². The Balaban J connectivity index is 1.02. The van der Waals surface area contributed by atoms with Crippen LogP contribution in [0, 0.1) is 41.7 Å². The summed E-state index contributed by atoms with van der Waals surface area (Å²) in [5.74, 6) is 1.74. The molecule has 49 heavy (non-hydrogen) atoms. The minimum atomic E-state index is -0.758. The number of carbonyl (C=O) groups excluding carboxylic acids is 3. The number of ether oxygens (including phenoxy) is 1. The van der Waals surface area contributed by atoms with Crippen molar-refractivity contribution >= 4 is 35.3 Å². The predicted molar refractivity (Wildman–Crippen MR) is 182 cm³/mol.